The van der Waals surface area contributed by atoms with Crippen molar-refractivity contribution >= 4 is 17.1 Å². The Kier molecular flexibility index (Phi) is 5.66. The predicted molar refractivity (Wildman–Crippen MR) is 67.1 cm³/mol. The molecule has 1 aromatic rings. The molecule has 3 nitrogen and oxygen atoms in total. The van der Waals surface area contributed by atoms with Gasteiger partial charge in [-0.15, -0.1) is 11.3 Å². The van der Waals surface area contributed by atoms with E-state index in [-0.39, 0.29) is 11.9 Å². The number of aliphatic hydroxyl groups is 1. The molecule has 1 atom stereocenters. The summed E-state index contributed by atoms with van der Waals surface area (Å²) in [6.45, 7) is 3.28. The number of aliphatic hydroxyl groups excluding tert-OH is 1. The minimum absolute atomic E-state index is 0.223. The molecule has 0 amide bonds. The minimum Gasteiger partial charge on any atom is -0.392 e. The van der Waals surface area contributed by atoms with Gasteiger partial charge in [0.1, 0.15) is 0 Å². The summed E-state index contributed by atoms with van der Waals surface area (Å²) < 4.78 is 0. The maximum Gasteiger partial charge on any atom is 0.172 e. The van der Waals surface area contributed by atoms with E-state index < -0.39 is 0 Å². The number of ketones is 1. The number of nitrogens with zero attached hydrogens (tertiary/aromatic N) is 1. The van der Waals surface area contributed by atoms with Crippen LogP contribution < -0.4 is 0 Å². The van der Waals surface area contributed by atoms with Crippen LogP contribution in [-0.4, -0.2) is 42.0 Å². The number of rotatable bonds is 7. The zero-order valence-corrected chi connectivity index (χ0v) is 10.7. The van der Waals surface area contributed by atoms with Crippen LogP contribution in [0.1, 0.15) is 29.4 Å². The van der Waals surface area contributed by atoms with Gasteiger partial charge in [0.2, 0.25) is 0 Å². The van der Waals surface area contributed by atoms with Crippen molar-refractivity contribution in [3.05, 3.63) is 22.4 Å². The zero-order chi connectivity index (χ0) is 12.0. The molecule has 0 saturated carbocycles. The highest BCUT2D eigenvalue weighted by Gasteiger charge is 2.08. The number of hydrogen-bond donors (Lipinski definition) is 1. The van der Waals surface area contributed by atoms with Crippen molar-refractivity contribution in [1.29, 1.82) is 0 Å². The number of carbonyl (C=O) groups is 1. The summed E-state index contributed by atoms with van der Waals surface area (Å²) in [4.78, 5) is 14.5. The fraction of sp³-hybridized carbons (Fsp3) is 0.583. The van der Waals surface area contributed by atoms with E-state index in [0.29, 0.717) is 13.0 Å². The molecule has 0 aromatic carbocycles. The van der Waals surface area contributed by atoms with E-state index >= 15 is 0 Å². The van der Waals surface area contributed by atoms with Gasteiger partial charge in [0.15, 0.2) is 5.78 Å². The molecule has 1 rings (SSSR count). The molecule has 1 heterocycles. The first-order valence-electron chi connectivity index (χ1n) is 5.53. The second kappa shape index (κ2) is 6.78. The molecule has 1 N–H and O–H groups in total. The monoisotopic (exact) mass is 241 g/mol. The number of carbonyl (C=O) groups excluding carboxylic acids is 1. The lowest BCUT2D eigenvalue weighted by Gasteiger charge is -2.17. The van der Waals surface area contributed by atoms with Crippen LogP contribution in [0.3, 0.4) is 0 Å². The van der Waals surface area contributed by atoms with Crippen LogP contribution in [0.25, 0.3) is 0 Å². The molecule has 1 aromatic heterocycles. The maximum absolute atomic E-state index is 11.7. The van der Waals surface area contributed by atoms with Gasteiger partial charge in [0.25, 0.3) is 0 Å². The van der Waals surface area contributed by atoms with Crippen molar-refractivity contribution in [2.24, 2.45) is 0 Å². The Morgan fingerprint density at radius 1 is 1.62 bits per heavy atom. The number of Topliss-reactive ketones (excluding diaryl/α,β-unsaturated/α-hetero) is 1. The Bertz CT molecular complexity index is 309. The van der Waals surface area contributed by atoms with E-state index in [0.717, 1.165) is 17.8 Å². The molecular formula is C12H19NO2S. The summed E-state index contributed by atoms with van der Waals surface area (Å²) in [7, 11) is 1.96. The molecular weight excluding hydrogens is 222 g/mol. The van der Waals surface area contributed by atoms with E-state index in [1.807, 2.05) is 29.5 Å². The van der Waals surface area contributed by atoms with E-state index in [9.17, 15) is 9.90 Å². The number of hydrogen-bond acceptors (Lipinski definition) is 4. The Balaban J connectivity index is 2.18. The molecule has 0 aliphatic carbocycles. The summed E-state index contributed by atoms with van der Waals surface area (Å²) >= 11 is 1.50. The zero-order valence-electron chi connectivity index (χ0n) is 9.85. The highest BCUT2D eigenvalue weighted by molar-refractivity contribution is 7.12. The lowest BCUT2D eigenvalue weighted by molar-refractivity contribution is 0.0975. The van der Waals surface area contributed by atoms with E-state index in [4.69, 9.17) is 0 Å². The molecule has 0 aliphatic heterocycles. The van der Waals surface area contributed by atoms with Gasteiger partial charge in [-0.3, -0.25) is 4.79 Å². The van der Waals surface area contributed by atoms with Crippen molar-refractivity contribution in [3.8, 4) is 0 Å². The van der Waals surface area contributed by atoms with Gasteiger partial charge in [-0.25, -0.2) is 0 Å². The van der Waals surface area contributed by atoms with Crippen LogP contribution >= 0.6 is 11.3 Å². The number of likely N-dealkylation sites (N-methyl/N-ethyl adjacent to an activating group) is 1. The molecule has 16 heavy (non-hydrogen) atoms. The standard InChI is InChI=1S/C12H19NO2S/c1-10(14)9-13(2)7-3-5-11(15)12-6-4-8-16-12/h4,6,8,10,14H,3,5,7,9H2,1-2H3. The van der Waals surface area contributed by atoms with Crippen LogP contribution in [0, 0.1) is 0 Å². The Hall–Kier alpha value is -0.710. The smallest absolute Gasteiger partial charge is 0.172 e. The average molecular weight is 241 g/mol. The minimum atomic E-state index is -0.307. The molecule has 0 fully saturated rings. The Labute approximate surface area is 101 Å². The van der Waals surface area contributed by atoms with Crippen molar-refractivity contribution in [3.63, 3.8) is 0 Å². The molecule has 0 saturated heterocycles. The van der Waals surface area contributed by atoms with Gasteiger partial charge in [-0.1, -0.05) is 6.07 Å². The Morgan fingerprint density at radius 2 is 2.38 bits per heavy atom. The molecule has 4 heteroatoms. The van der Waals surface area contributed by atoms with Crippen LogP contribution in [0.15, 0.2) is 17.5 Å². The van der Waals surface area contributed by atoms with Crippen LogP contribution in [0.5, 0.6) is 0 Å². The lowest BCUT2D eigenvalue weighted by atomic mass is 10.2. The van der Waals surface area contributed by atoms with Gasteiger partial charge < -0.3 is 10.0 Å². The molecule has 90 valence electrons. The summed E-state index contributed by atoms with van der Waals surface area (Å²) in [5, 5.41) is 11.1. The van der Waals surface area contributed by atoms with Crippen molar-refractivity contribution in [2.75, 3.05) is 20.1 Å². The first-order valence-corrected chi connectivity index (χ1v) is 6.41. The van der Waals surface area contributed by atoms with Gasteiger partial charge in [-0.2, -0.15) is 0 Å². The summed E-state index contributed by atoms with van der Waals surface area (Å²) in [6, 6.07) is 3.77. The fourth-order valence-corrected chi connectivity index (χ4v) is 2.31. The summed E-state index contributed by atoms with van der Waals surface area (Å²) in [5.74, 6) is 0.223. The van der Waals surface area contributed by atoms with Crippen molar-refractivity contribution in [1.82, 2.24) is 4.90 Å². The number of thiophene rings is 1. The average Bonchev–Trinajstić information content (AvgIpc) is 2.68. The third kappa shape index (κ3) is 4.88. The lowest BCUT2D eigenvalue weighted by Crippen LogP contribution is -2.28. The normalized spacial score (nSPS) is 13.0. The summed E-state index contributed by atoms with van der Waals surface area (Å²) in [5.41, 5.74) is 0. The second-order valence-electron chi connectivity index (χ2n) is 4.12. The maximum atomic E-state index is 11.7. The topological polar surface area (TPSA) is 40.5 Å². The summed E-state index contributed by atoms with van der Waals surface area (Å²) in [6.07, 6.45) is 1.13. The van der Waals surface area contributed by atoms with Crippen molar-refractivity contribution in [2.45, 2.75) is 25.9 Å². The van der Waals surface area contributed by atoms with E-state index in [1.54, 1.807) is 6.92 Å². The largest absolute Gasteiger partial charge is 0.392 e. The van der Waals surface area contributed by atoms with Crippen molar-refractivity contribution < 1.29 is 9.90 Å². The van der Waals surface area contributed by atoms with Gasteiger partial charge in [0, 0.05) is 13.0 Å². The van der Waals surface area contributed by atoms with Gasteiger partial charge in [0.05, 0.1) is 11.0 Å². The highest BCUT2D eigenvalue weighted by Crippen LogP contribution is 2.12. The quantitative estimate of drug-likeness (QED) is 0.743. The van der Waals surface area contributed by atoms with Crippen LogP contribution in [-0.2, 0) is 0 Å². The first-order chi connectivity index (χ1) is 7.59. The van der Waals surface area contributed by atoms with E-state index in [1.165, 1.54) is 11.3 Å². The molecule has 0 spiro atoms. The SMILES string of the molecule is CC(O)CN(C)CCCC(=O)c1cccs1. The third-order valence-corrected chi connectivity index (χ3v) is 3.23. The fourth-order valence-electron chi connectivity index (χ4n) is 1.61. The molecule has 0 radical (unpaired) electrons. The van der Waals surface area contributed by atoms with E-state index in [2.05, 4.69) is 0 Å². The van der Waals surface area contributed by atoms with Crippen LogP contribution in [0.4, 0.5) is 0 Å². The van der Waals surface area contributed by atoms with Crippen LogP contribution in [0.2, 0.25) is 0 Å². The second-order valence-corrected chi connectivity index (χ2v) is 5.06. The Morgan fingerprint density at radius 3 is 2.94 bits per heavy atom. The highest BCUT2D eigenvalue weighted by atomic mass is 32.1. The first kappa shape index (κ1) is 13.4. The molecule has 1 unspecified atom stereocenters. The molecule has 0 bridgehead atoms. The van der Waals surface area contributed by atoms with Gasteiger partial charge in [-0.05, 0) is 38.4 Å². The third-order valence-electron chi connectivity index (χ3n) is 2.32. The predicted octanol–water partition coefficient (Wildman–Crippen LogP) is 2.02. The van der Waals surface area contributed by atoms with Gasteiger partial charge >= 0.3 is 0 Å². The molecule has 0 aliphatic rings.